The number of nitrogens with one attached hydrogen (secondary N) is 1. The molecule has 5 nitrogen and oxygen atoms in total. The Balaban J connectivity index is 1.79. The van der Waals surface area contributed by atoms with Crippen molar-refractivity contribution in [1.29, 1.82) is 0 Å². The van der Waals surface area contributed by atoms with Crippen LogP contribution in [-0.4, -0.2) is 24.6 Å². The first-order valence-corrected chi connectivity index (χ1v) is 7.08. The molecule has 1 atom stereocenters. The van der Waals surface area contributed by atoms with Crippen molar-refractivity contribution in [2.45, 2.75) is 13.0 Å². The number of amides is 1. The lowest BCUT2D eigenvalue weighted by atomic mass is 10.3. The smallest absolute Gasteiger partial charge is 0.347 e. The number of anilines is 1. The van der Waals surface area contributed by atoms with Gasteiger partial charge in [-0.1, -0.05) is 6.07 Å². The molecule has 2 aromatic carbocycles. The van der Waals surface area contributed by atoms with Crippen LogP contribution < -0.4 is 10.1 Å². The highest BCUT2D eigenvalue weighted by Crippen LogP contribution is 2.13. The Labute approximate surface area is 137 Å². The van der Waals surface area contributed by atoms with Gasteiger partial charge in [0.05, 0.1) is 0 Å². The Hall–Kier alpha value is -2.96. The van der Waals surface area contributed by atoms with Gasteiger partial charge in [-0.25, -0.2) is 13.6 Å². The highest BCUT2D eigenvalue weighted by molar-refractivity contribution is 5.93. The summed E-state index contributed by atoms with van der Waals surface area (Å²) in [7, 11) is 0. The number of rotatable bonds is 6. The molecule has 0 radical (unpaired) electrons. The number of halogens is 2. The van der Waals surface area contributed by atoms with Gasteiger partial charge in [0, 0.05) is 5.69 Å². The number of carbonyl (C=O) groups excluding carboxylic acids is 2. The van der Waals surface area contributed by atoms with Gasteiger partial charge in [0.2, 0.25) is 0 Å². The van der Waals surface area contributed by atoms with Crippen LogP contribution in [0.2, 0.25) is 0 Å². The van der Waals surface area contributed by atoms with E-state index in [1.807, 2.05) is 0 Å². The van der Waals surface area contributed by atoms with Gasteiger partial charge in [0.15, 0.2) is 12.7 Å². The molecule has 2 rings (SSSR count). The molecule has 126 valence electrons. The van der Waals surface area contributed by atoms with Crippen molar-refractivity contribution >= 4 is 17.6 Å². The van der Waals surface area contributed by atoms with E-state index in [0.29, 0.717) is 5.75 Å². The molecule has 0 aliphatic carbocycles. The lowest BCUT2D eigenvalue weighted by Crippen LogP contribution is -2.29. The standard InChI is InChI=1S/C17H15F2NO4/c1-11(24-15-7-5-12(18)6-8-15)17(22)23-10-16(21)20-14-4-2-3-13(19)9-14/h2-9,11H,10H2,1H3,(H,20,21)/t11-/m0/s1. The van der Waals surface area contributed by atoms with Gasteiger partial charge in [-0.2, -0.15) is 0 Å². The minimum absolute atomic E-state index is 0.256. The van der Waals surface area contributed by atoms with Crippen molar-refractivity contribution in [2.24, 2.45) is 0 Å². The van der Waals surface area contributed by atoms with E-state index in [9.17, 15) is 18.4 Å². The monoisotopic (exact) mass is 335 g/mol. The van der Waals surface area contributed by atoms with E-state index >= 15 is 0 Å². The minimum atomic E-state index is -0.975. The van der Waals surface area contributed by atoms with Crippen LogP contribution in [0.15, 0.2) is 48.5 Å². The Morgan fingerprint density at radius 1 is 1.08 bits per heavy atom. The molecule has 0 saturated carbocycles. The molecule has 0 aliphatic rings. The predicted molar refractivity (Wildman–Crippen MR) is 82.5 cm³/mol. The molecule has 7 heteroatoms. The summed E-state index contributed by atoms with van der Waals surface area (Å²) >= 11 is 0. The van der Waals surface area contributed by atoms with Crippen LogP contribution in [0.4, 0.5) is 14.5 Å². The van der Waals surface area contributed by atoms with Crippen molar-refractivity contribution in [2.75, 3.05) is 11.9 Å². The molecule has 0 aromatic heterocycles. The zero-order valence-electron chi connectivity index (χ0n) is 12.8. The van der Waals surface area contributed by atoms with Gasteiger partial charge in [-0.3, -0.25) is 4.79 Å². The van der Waals surface area contributed by atoms with E-state index in [1.165, 1.54) is 49.4 Å². The normalized spacial score (nSPS) is 11.5. The van der Waals surface area contributed by atoms with E-state index in [1.54, 1.807) is 0 Å². The van der Waals surface area contributed by atoms with Crippen molar-refractivity contribution in [3.63, 3.8) is 0 Å². The summed E-state index contributed by atoms with van der Waals surface area (Å²) in [6.07, 6.45) is -0.975. The molecule has 0 spiro atoms. The van der Waals surface area contributed by atoms with E-state index in [2.05, 4.69) is 5.32 Å². The number of hydrogen-bond acceptors (Lipinski definition) is 4. The average molecular weight is 335 g/mol. The Morgan fingerprint density at radius 3 is 2.46 bits per heavy atom. The Kier molecular flexibility index (Phi) is 5.83. The third-order valence-corrected chi connectivity index (χ3v) is 2.91. The zero-order valence-corrected chi connectivity index (χ0v) is 12.8. The van der Waals surface area contributed by atoms with Crippen LogP contribution >= 0.6 is 0 Å². The van der Waals surface area contributed by atoms with Crippen molar-refractivity contribution in [3.8, 4) is 5.75 Å². The molecule has 0 bridgehead atoms. The van der Waals surface area contributed by atoms with Gasteiger partial charge in [0.25, 0.3) is 5.91 Å². The van der Waals surface area contributed by atoms with Crippen molar-refractivity contribution < 1.29 is 27.8 Å². The van der Waals surface area contributed by atoms with Crippen LogP contribution in [0.25, 0.3) is 0 Å². The molecule has 0 saturated heterocycles. The average Bonchev–Trinajstić information content (AvgIpc) is 2.54. The maximum Gasteiger partial charge on any atom is 0.347 e. The summed E-state index contributed by atoms with van der Waals surface area (Å²) < 4.78 is 35.9. The molecule has 0 unspecified atom stereocenters. The van der Waals surface area contributed by atoms with Gasteiger partial charge in [-0.15, -0.1) is 0 Å². The molecule has 1 N–H and O–H groups in total. The summed E-state index contributed by atoms with van der Waals surface area (Å²) in [4.78, 5) is 23.4. The lowest BCUT2D eigenvalue weighted by Gasteiger charge is -2.14. The molecule has 1 amide bonds. The quantitative estimate of drug-likeness (QED) is 0.825. The lowest BCUT2D eigenvalue weighted by molar-refractivity contribution is -0.153. The van der Waals surface area contributed by atoms with Crippen molar-refractivity contribution in [1.82, 2.24) is 0 Å². The number of hydrogen-bond donors (Lipinski definition) is 1. The molecule has 0 aliphatic heterocycles. The van der Waals surface area contributed by atoms with Gasteiger partial charge < -0.3 is 14.8 Å². The van der Waals surface area contributed by atoms with Crippen LogP contribution in [0.5, 0.6) is 5.75 Å². The zero-order chi connectivity index (χ0) is 17.5. The van der Waals surface area contributed by atoms with Crippen LogP contribution in [0.1, 0.15) is 6.92 Å². The maximum atomic E-state index is 13.0. The highest BCUT2D eigenvalue weighted by Gasteiger charge is 2.18. The maximum absolute atomic E-state index is 13.0. The Bertz CT molecular complexity index is 719. The predicted octanol–water partition coefficient (Wildman–Crippen LogP) is 2.91. The van der Waals surface area contributed by atoms with E-state index in [-0.39, 0.29) is 5.69 Å². The Morgan fingerprint density at radius 2 is 1.79 bits per heavy atom. The number of benzene rings is 2. The summed E-state index contributed by atoms with van der Waals surface area (Å²) in [5, 5.41) is 2.39. The number of esters is 1. The topological polar surface area (TPSA) is 64.6 Å². The minimum Gasteiger partial charge on any atom is -0.479 e. The molecule has 24 heavy (non-hydrogen) atoms. The molecular formula is C17H15F2NO4. The highest BCUT2D eigenvalue weighted by atomic mass is 19.1. The first kappa shape index (κ1) is 17.4. The molecule has 2 aromatic rings. The summed E-state index contributed by atoms with van der Waals surface area (Å²) in [5.74, 6) is -1.99. The third kappa shape index (κ3) is 5.35. The number of carbonyl (C=O) groups is 2. The first-order valence-electron chi connectivity index (χ1n) is 7.08. The SMILES string of the molecule is C[C@H](Oc1ccc(F)cc1)C(=O)OCC(=O)Nc1cccc(F)c1. The van der Waals surface area contributed by atoms with Gasteiger partial charge in [0.1, 0.15) is 17.4 Å². The van der Waals surface area contributed by atoms with E-state index < -0.39 is 36.2 Å². The van der Waals surface area contributed by atoms with Gasteiger partial charge >= 0.3 is 5.97 Å². The fourth-order valence-corrected chi connectivity index (χ4v) is 1.78. The summed E-state index contributed by atoms with van der Waals surface area (Å²) in [6.45, 7) is 0.905. The molecule has 0 heterocycles. The van der Waals surface area contributed by atoms with Gasteiger partial charge in [-0.05, 0) is 49.4 Å². The third-order valence-electron chi connectivity index (χ3n) is 2.91. The summed E-state index contributed by atoms with van der Waals surface area (Å²) in [6, 6.07) is 10.5. The second-order valence-corrected chi connectivity index (χ2v) is 4.88. The van der Waals surface area contributed by atoms with E-state index in [4.69, 9.17) is 9.47 Å². The second kappa shape index (κ2) is 8.05. The van der Waals surface area contributed by atoms with Crippen LogP contribution in [0, 0.1) is 11.6 Å². The largest absolute Gasteiger partial charge is 0.479 e. The molecular weight excluding hydrogens is 320 g/mol. The van der Waals surface area contributed by atoms with Crippen molar-refractivity contribution in [3.05, 3.63) is 60.2 Å². The summed E-state index contributed by atoms with van der Waals surface area (Å²) in [5.41, 5.74) is 0.256. The second-order valence-electron chi connectivity index (χ2n) is 4.88. The fraction of sp³-hybridized carbons (Fsp3) is 0.176. The fourth-order valence-electron chi connectivity index (χ4n) is 1.78. The number of ether oxygens (including phenoxy) is 2. The first-order chi connectivity index (χ1) is 11.4. The van der Waals surface area contributed by atoms with E-state index in [0.717, 1.165) is 6.07 Å². The molecule has 0 fully saturated rings. The van der Waals surface area contributed by atoms with Crippen LogP contribution in [-0.2, 0) is 14.3 Å². The van der Waals surface area contributed by atoms with Crippen LogP contribution in [0.3, 0.4) is 0 Å².